The second-order valence-corrected chi connectivity index (χ2v) is 6.43. The highest BCUT2D eigenvalue weighted by Gasteiger charge is 2.46. The van der Waals surface area contributed by atoms with E-state index in [2.05, 4.69) is 5.32 Å². The number of amides is 3. The maximum Gasteiger partial charge on any atom is 0.329 e. The summed E-state index contributed by atoms with van der Waals surface area (Å²) in [6.45, 7) is 0. The topological polar surface area (TPSA) is 92.8 Å². The van der Waals surface area contributed by atoms with Gasteiger partial charge < -0.3 is 10.1 Å². The molecule has 27 heavy (non-hydrogen) atoms. The molecule has 1 N–H and O–H groups in total. The Balaban J connectivity index is 1.70. The third-order valence-electron chi connectivity index (χ3n) is 4.98. The molecule has 7 nitrogen and oxygen atoms in total. The summed E-state index contributed by atoms with van der Waals surface area (Å²) in [5, 5.41) is 2.76. The van der Waals surface area contributed by atoms with Gasteiger partial charge in [-0.2, -0.15) is 0 Å². The SMILES string of the molecule is COC(=O)C(CC1C(=O)Nc2ccccc21)N1C(=O)c2ccccc2C1=O. The Bertz CT molecular complexity index is 949. The molecule has 2 aliphatic rings. The maximum atomic E-state index is 12.8. The van der Waals surface area contributed by atoms with Gasteiger partial charge in [-0.25, -0.2) is 4.79 Å². The van der Waals surface area contributed by atoms with Crippen LogP contribution in [0.4, 0.5) is 5.69 Å². The van der Waals surface area contributed by atoms with Crippen LogP contribution >= 0.6 is 0 Å². The van der Waals surface area contributed by atoms with Crippen molar-refractivity contribution in [2.75, 3.05) is 12.4 Å². The highest BCUT2D eigenvalue weighted by molar-refractivity contribution is 6.22. The van der Waals surface area contributed by atoms with Crippen LogP contribution in [0.15, 0.2) is 48.5 Å². The van der Waals surface area contributed by atoms with Gasteiger partial charge in [0.15, 0.2) is 0 Å². The Hall–Kier alpha value is -3.48. The van der Waals surface area contributed by atoms with Crippen LogP contribution in [0.5, 0.6) is 0 Å². The second kappa shape index (κ2) is 6.35. The van der Waals surface area contributed by atoms with Crippen LogP contribution in [-0.2, 0) is 14.3 Å². The molecule has 2 aromatic rings. The number of benzene rings is 2. The van der Waals surface area contributed by atoms with Gasteiger partial charge in [0, 0.05) is 5.69 Å². The summed E-state index contributed by atoms with van der Waals surface area (Å²) < 4.78 is 4.84. The van der Waals surface area contributed by atoms with E-state index in [0.717, 1.165) is 10.5 Å². The van der Waals surface area contributed by atoms with Crippen molar-refractivity contribution in [2.45, 2.75) is 18.4 Å². The van der Waals surface area contributed by atoms with E-state index in [1.165, 1.54) is 7.11 Å². The lowest BCUT2D eigenvalue weighted by Gasteiger charge is -2.25. The normalized spacial score (nSPS) is 18.8. The lowest BCUT2D eigenvalue weighted by molar-refractivity contribution is -0.145. The number of fused-ring (bicyclic) bond motifs is 2. The standard InChI is InChI=1S/C20H16N2O5/c1-27-20(26)16(10-14-11-6-4-5-9-15(11)21-17(14)23)22-18(24)12-7-2-3-8-13(12)19(22)25/h2-9,14,16H,10H2,1H3,(H,21,23). The van der Waals surface area contributed by atoms with Crippen molar-refractivity contribution in [3.05, 3.63) is 65.2 Å². The summed E-state index contributed by atoms with van der Waals surface area (Å²) in [4.78, 5) is 51.3. The van der Waals surface area contributed by atoms with Crippen LogP contribution in [0, 0.1) is 0 Å². The molecule has 2 heterocycles. The molecular weight excluding hydrogens is 348 g/mol. The number of hydrogen-bond acceptors (Lipinski definition) is 5. The average molecular weight is 364 g/mol. The van der Waals surface area contributed by atoms with E-state index in [-0.39, 0.29) is 23.5 Å². The summed E-state index contributed by atoms with van der Waals surface area (Å²) in [7, 11) is 1.19. The number of anilines is 1. The molecule has 0 fully saturated rings. The minimum atomic E-state index is -1.19. The number of carbonyl (C=O) groups excluding carboxylic acids is 4. The number of carbonyl (C=O) groups is 4. The van der Waals surface area contributed by atoms with Crippen LogP contribution in [0.2, 0.25) is 0 Å². The molecule has 0 spiro atoms. The van der Waals surface area contributed by atoms with Crippen LogP contribution in [0.3, 0.4) is 0 Å². The van der Waals surface area contributed by atoms with Gasteiger partial charge in [-0.05, 0) is 30.2 Å². The van der Waals surface area contributed by atoms with Crippen molar-refractivity contribution in [3.8, 4) is 0 Å². The second-order valence-electron chi connectivity index (χ2n) is 6.43. The molecule has 0 aromatic heterocycles. The highest BCUT2D eigenvalue weighted by Crippen LogP contribution is 2.37. The molecule has 0 saturated heterocycles. The Morgan fingerprint density at radius 1 is 1.04 bits per heavy atom. The predicted molar refractivity (Wildman–Crippen MR) is 95.2 cm³/mol. The van der Waals surface area contributed by atoms with Gasteiger partial charge in [-0.1, -0.05) is 30.3 Å². The van der Waals surface area contributed by atoms with Gasteiger partial charge in [0.1, 0.15) is 6.04 Å². The largest absolute Gasteiger partial charge is 0.467 e. The molecule has 2 aliphatic heterocycles. The van der Waals surface area contributed by atoms with Crippen LogP contribution in [0.25, 0.3) is 0 Å². The van der Waals surface area contributed by atoms with Crippen molar-refractivity contribution in [1.29, 1.82) is 0 Å². The summed E-state index contributed by atoms with van der Waals surface area (Å²) in [6, 6.07) is 12.3. The van der Waals surface area contributed by atoms with Crippen molar-refractivity contribution in [1.82, 2.24) is 4.90 Å². The van der Waals surface area contributed by atoms with Gasteiger partial charge in [0.2, 0.25) is 5.91 Å². The van der Waals surface area contributed by atoms with Crippen molar-refractivity contribution >= 4 is 29.4 Å². The Morgan fingerprint density at radius 3 is 2.26 bits per heavy atom. The van der Waals surface area contributed by atoms with E-state index in [1.807, 2.05) is 0 Å². The minimum absolute atomic E-state index is 0.0407. The number of ether oxygens (including phenoxy) is 1. The maximum absolute atomic E-state index is 12.8. The van der Waals surface area contributed by atoms with Crippen molar-refractivity contribution in [3.63, 3.8) is 0 Å². The first kappa shape index (κ1) is 17.0. The van der Waals surface area contributed by atoms with Gasteiger partial charge in [-0.15, -0.1) is 0 Å². The van der Waals surface area contributed by atoms with E-state index in [4.69, 9.17) is 4.74 Å². The molecule has 2 aromatic carbocycles. The molecule has 3 amide bonds. The number of imide groups is 1. The van der Waals surface area contributed by atoms with Gasteiger partial charge >= 0.3 is 5.97 Å². The molecule has 7 heteroatoms. The zero-order chi connectivity index (χ0) is 19.1. The number of esters is 1. The molecular formula is C20H16N2O5. The van der Waals surface area contributed by atoms with Crippen molar-refractivity contribution < 1.29 is 23.9 Å². The third-order valence-corrected chi connectivity index (χ3v) is 4.98. The molecule has 0 radical (unpaired) electrons. The van der Waals surface area contributed by atoms with Gasteiger partial charge in [0.05, 0.1) is 24.2 Å². The number of para-hydroxylation sites is 1. The monoisotopic (exact) mass is 364 g/mol. The molecule has 2 unspecified atom stereocenters. The van der Waals surface area contributed by atoms with Crippen LogP contribution in [-0.4, -0.2) is 41.7 Å². The summed E-state index contributed by atoms with van der Waals surface area (Å²) in [6.07, 6.45) is -0.0407. The smallest absolute Gasteiger partial charge is 0.329 e. The average Bonchev–Trinajstić information content (AvgIpc) is 3.13. The Kier molecular flexibility index (Phi) is 3.99. The van der Waals surface area contributed by atoms with Gasteiger partial charge in [-0.3, -0.25) is 19.3 Å². The molecule has 0 saturated carbocycles. The van der Waals surface area contributed by atoms with Crippen molar-refractivity contribution in [2.24, 2.45) is 0 Å². The first-order valence-electron chi connectivity index (χ1n) is 8.47. The first-order chi connectivity index (χ1) is 13.0. The number of nitrogens with zero attached hydrogens (tertiary/aromatic N) is 1. The number of methoxy groups -OCH3 is 1. The van der Waals surface area contributed by atoms with Gasteiger partial charge in [0.25, 0.3) is 11.8 Å². The highest BCUT2D eigenvalue weighted by atomic mass is 16.5. The fourth-order valence-corrected chi connectivity index (χ4v) is 3.67. The van der Waals surface area contributed by atoms with E-state index in [9.17, 15) is 19.2 Å². The number of hydrogen-bond donors (Lipinski definition) is 1. The Morgan fingerprint density at radius 2 is 1.63 bits per heavy atom. The fourth-order valence-electron chi connectivity index (χ4n) is 3.67. The first-order valence-corrected chi connectivity index (χ1v) is 8.47. The summed E-state index contributed by atoms with van der Waals surface area (Å²) >= 11 is 0. The molecule has 2 atom stereocenters. The number of nitrogens with one attached hydrogen (secondary N) is 1. The fraction of sp³-hybridized carbons (Fsp3) is 0.200. The molecule has 136 valence electrons. The van der Waals surface area contributed by atoms with E-state index < -0.39 is 29.7 Å². The van der Waals surface area contributed by atoms with Crippen LogP contribution < -0.4 is 5.32 Å². The van der Waals surface area contributed by atoms with E-state index >= 15 is 0 Å². The molecule has 4 rings (SSSR count). The molecule has 0 aliphatic carbocycles. The van der Waals surface area contributed by atoms with E-state index in [0.29, 0.717) is 5.69 Å². The lowest BCUT2D eigenvalue weighted by atomic mass is 9.92. The quantitative estimate of drug-likeness (QED) is 0.661. The third kappa shape index (κ3) is 2.59. The Labute approximate surface area is 154 Å². The number of rotatable bonds is 4. The lowest BCUT2D eigenvalue weighted by Crippen LogP contribution is -2.46. The zero-order valence-electron chi connectivity index (χ0n) is 14.5. The molecule has 0 bridgehead atoms. The van der Waals surface area contributed by atoms with E-state index in [1.54, 1.807) is 48.5 Å². The zero-order valence-corrected chi connectivity index (χ0v) is 14.5. The van der Waals surface area contributed by atoms with Crippen LogP contribution in [0.1, 0.15) is 38.6 Å². The summed E-state index contributed by atoms with van der Waals surface area (Å²) in [5.41, 5.74) is 1.88. The minimum Gasteiger partial charge on any atom is -0.467 e. The predicted octanol–water partition coefficient (Wildman–Crippen LogP) is 1.95. The summed E-state index contributed by atoms with van der Waals surface area (Å²) in [5.74, 6) is -2.78.